The molecule has 1 N–H and O–H groups in total. The number of alkyl halides is 1. The molecule has 228 valence electrons. The Bertz CT molecular complexity index is 1320. The molecule has 12 heteroatoms. The molecular formula is C30H37ClN2O7S2. The van der Waals surface area contributed by atoms with E-state index in [0.717, 1.165) is 9.87 Å². The summed E-state index contributed by atoms with van der Waals surface area (Å²) in [6.07, 6.45) is 4.49. The van der Waals surface area contributed by atoms with E-state index in [0.29, 0.717) is 17.7 Å². The second-order valence-electron chi connectivity index (χ2n) is 9.57. The second-order valence-corrected chi connectivity index (χ2v) is 12.9. The van der Waals surface area contributed by atoms with Gasteiger partial charge in [-0.15, -0.1) is 18.2 Å². The van der Waals surface area contributed by atoms with Crippen molar-refractivity contribution >= 4 is 45.3 Å². The summed E-state index contributed by atoms with van der Waals surface area (Å²) in [5, 5.41) is 2.04. The minimum atomic E-state index is -4.36. The fourth-order valence-electron chi connectivity index (χ4n) is 4.33. The third kappa shape index (κ3) is 8.92. The van der Waals surface area contributed by atoms with Crippen molar-refractivity contribution in [3.8, 4) is 0 Å². The Hall–Kier alpha value is -2.67. The largest absolute Gasteiger partial charge is 0.467 e. The molecule has 2 aromatic rings. The number of nitrogens with one attached hydrogen (secondary N) is 1. The van der Waals surface area contributed by atoms with Crippen LogP contribution in [0.5, 0.6) is 0 Å². The molecule has 0 bridgehead atoms. The Morgan fingerprint density at radius 3 is 2.48 bits per heavy atom. The number of amides is 1. The van der Waals surface area contributed by atoms with Gasteiger partial charge in [-0.3, -0.25) is 4.79 Å². The molecule has 0 saturated carbocycles. The zero-order chi connectivity index (χ0) is 30.7. The van der Waals surface area contributed by atoms with Crippen LogP contribution >= 0.6 is 23.4 Å². The number of methoxy groups -OCH3 is 1. The van der Waals surface area contributed by atoms with E-state index >= 15 is 0 Å². The third-order valence-corrected chi connectivity index (χ3v) is 9.39. The molecule has 42 heavy (non-hydrogen) atoms. The second kappa shape index (κ2) is 16.3. The molecule has 5 atom stereocenters. The van der Waals surface area contributed by atoms with Gasteiger partial charge in [0.2, 0.25) is 15.9 Å². The molecule has 0 spiro atoms. The van der Waals surface area contributed by atoms with Crippen LogP contribution in [-0.4, -0.2) is 80.3 Å². The number of benzene rings is 2. The highest BCUT2D eigenvalue weighted by molar-refractivity contribution is 7.98. The van der Waals surface area contributed by atoms with E-state index in [1.165, 1.54) is 43.2 Å². The normalized spacial score (nSPS) is 20.1. The maximum Gasteiger partial charge on any atom is 0.328 e. The van der Waals surface area contributed by atoms with Gasteiger partial charge in [-0.2, -0.15) is 16.1 Å². The first-order valence-corrected chi connectivity index (χ1v) is 16.6. The molecule has 1 aliphatic heterocycles. The Morgan fingerprint density at radius 2 is 1.86 bits per heavy atom. The monoisotopic (exact) mass is 636 g/mol. The smallest absolute Gasteiger partial charge is 0.328 e. The number of aryl methyl sites for hydroxylation is 1. The Kier molecular flexibility index (Phi) is 13.1. The Labute approximate surface area is 257 Å². The number of thioether (sulfide) groups is 1. The van der Waals surface area contributed by atoms with Gasteiger partial charge in [-0.25, -0.2) is 13.2 Å². The lowest BCUT2D eigenvalue weighted by Crippen LogP contribution is -2.58. The van der Waals surface area contributed by atoms with Crippen LogP contribution in [0.2, 0.25) is 0 Å². The summed E-state index contributed by atoms with van der Waals surface area (Å²) < 4.78 is 46.4. The molecule has 2 aromatic carbocycles. The van der Waals surface area contributed by atoms with Crippen molar-refractivity contribution in [3.63, 3.8) is 0 Å². The number of carbonyl (C=O) groups is 2. The Morgan fingerprint density at radius 1 is 1.17 bits per heavy atom. The van der Waals surface area contributed by atoms with E-state index in [1.807, 2.05) is 19.2 Å². The van der Waals surface area contributed by atoms with Crippen molar-refractivity contribution in [1.82, 2.24) is 9.62 Å². The number of esters is 1. The zero-order valence-electron chi connectivity index (χ0n) is 23.8. The summed E-state index contributed by atoms with van der Waals surface area (Å²) in [5.74, 6) is -0.733. The molecular weight excluding hydrogens is 600 g/mol. The van der Waals surface area contributed by atoms with E-state index < -0.39 is 51.9 Å². The molecule has 0 saturated heterocycles. The van der Waals surface area contributed by atoms with Gasteiger partial charge in [-0.1, -0.05) is 60.2 Å². The van der Waals surface area contributed by atoms with Gasteiger partial charge in [-0.05, 0) is 55.5 Å². The molecule has 9 nitrogen and oxygen atoms in total. The van der Waals surface area contributed by atoms with Gasteiger partial charge in [0.1, 0.15) is 23.7 Å². The number of carbonyl (C=O) groups excluding carboxylic acids is 2. The van der Waals surface area contributed by atoms with Crippen LogP contribution in [0.4, 0.5) is 0 Å². The van der Waals surface area contributed by atoms with E-state index in [4.69, 9.17) is 25.8 Å². The van der Waals surface area contributed by atoms with Crippen LogP contribution in [0, 0.1) is 6.92 Å². The first kappa shape index (κ1) is 33.8. The lowest BCUT2D eigenvalue weighted by Gasteiger charge is -2.39. The molecule has 0 aliphatic carbocycles. The van der Waals surface area contributed by atoms with Gasteiger partial charge >= 0.3 is 5.97 Å². The van der Waals surface area contributed by atoms with Gasteiger partial charge < -0.3 is 19.5 Å². The average Bonchev–Trinajstić information content (AvgIpc) is 2.99. The van der Waals surface area contributed by atoms with Crippen LogP contribution in [0.1, 0.15) is 17.5 Å². The lowest BCUT2D eigenvalue weighted by molar-refractivity contribution is -0.182. The minimum Gasteiger partial charge on any atom is -0.467 e. The molecule has 1 aliphatic rings. The van der Waals surface area contributed by atoms with E-state index in [2.05, 4.69) is 11.9 Å². The average molecular weight is 637 g/mol. The first-order valence-electron chi connectivity index (χ1n) is 13.3. The molecule has 0 aromatic heterocycles. The topological polar surface area (TPSA) is 111 Å². The number of nitrogens with zero attached hydrogens (tertiary/aromatic N) is 1. The minimum absolute atomic E-state index is 0.00955. The van der Waals surface area contributed by atoms with Crippen molar-refractivity contribution in [2.45, 2.75) is 54.6 Å². The van der Waals surface area contributed by atoms with Crippen LogP contribution in [0.3, 0.4) is 0 Å². The van der Waals surface area contributed by atoms with E-state index in [-0.39, 0.29) is 17.9 Å². The van der Waals surface area contributed by atoms with Crippen LogP contribution in [-0.2, 0) is 40.2 Å². The number of rotatable bonds is 15. The Balaban J connectivity index is 2.14. The summed E-state index contributed by atoms with van der Waals surface area (Å²) >= 11 is 7.91. The summed E-state index contributed by atoms with van der Waals surface area (Å²) in [7, 11) is -3.13. The van der Waals surface area contributed by atoms with Crippen LogP contribution in [0.15, 0.2) is 84.3 Å². The number of sulfonamides is 1. The number of ether oxygens (including phenoxy) is 3. The molecule has 3 rings (SSSR count). The highest BCUT2D eigenvalue weighted by Crippen LogP contribution is 2.30. The zero-order valence-corrected chi connectivity index (χ0v) is 26.2. The van der Waals surface area contributed by atoms with Gasteiger partial charge in [0.25, 0.3) is 0 Å². The molecule has 0 radical (unpaired) electrons. The SMILES string of the molecule is C=CCO[C@H]1O[C@H](N([C@@H](Cc2ccccc2)C(=O)N[C@@H](CCSC)C(=O)OC)S(=O)(=O)c2ccc(C)cc2)C=C[C@@H]1Cl. The summed E-state index contributed by atoms with van der Waals surface area (Å²) in [4.78, 5) is 26.6. The van der Waals surface area contributed by atoms with Gasteiger partial charge in [0, 0.05) is 0 Å². The predicted octanol–water partition coefficient (Wildman–Crippen LogP) is 4.06. The standard InChI is InChI=1S/C30H37ClN2O7S2/c1-5-18-39-30-24(31)15-16-27(40-30)33(42(36,37)23-13-11-21(2)12-14-23)26(20-22-9-7-6-8-10-22)28(34)32-25(17-19-41-4)29(35)38-3/h5-16,24-27,30H,1,17-20H2,2-4H3,(H,32,34)/t24-,25-,26-,27-,30-/m0/s1. The summed E-state index contributed by atoms with van der Waals surface area (Å²) in [6, 6.07) is 13.0. The summed E-state index contributed by atoms with van der Waals surface area (Å²) in [5.41, 5.74) is 1.57. The highest BCUT2D eigenvalue weighted by atomic mass is 35.5. The van der Waals surface area contributed by atoms with Crippen molar-refractivity contribution < 1.29 is 32.2 Å². The number of hydrogen-bond donors (Lipinski definition) is 1. The molecule has 0 fully saturated rings. The maximum atomic E-state index is 14.4. The van der Waals surface area contributed by atoms with Crippen molar-refractivity contribution in [2.24, 2.45) is 0 Å². The maximum absolute atomic E-state index is 14.4. The quantitative estimate of drug-likeness (QED) is 0.177. The van der Waals surface area contributed by atoms with Crippen LogP contribution < -0.4 is 5.32 Å². The van der Waals surface area contributed by atoms with Crippen molar-refractivity contribution in [3.05, 3.63) is 90.5 Å². The first-order chi connectivity index (χ1) is 20.1. The van der Waals surface area contributed by atoms with Crippen molar-refractivity contribution in [1.29, 1.82) is 0 Å². The fraction of sp³-hybridized carbons (Fsp3) is 0.400. The molecule has 1 heterocycles. The summed E-state index contributed by atoms with van der Waals surface area (Å²) in [6.45, 7) is 5.60. The third-order valence-electron chi connectivity index (χ3n) is 6.51. The number of halogens is 1. The highest BCUT2D eigenvalue weighted by Gasteiger charge is 2.44. The fourth-order valence-corrected chi connectivity index (χ4v) is 6.64. The van der Waals surface area contributed by atoms with Crippen LogP contribution in [0.25, 0.3) is 0 Å². The van der Waals surface area contributed by atoms with Gasteiger partial charge in [0.05, 0.1) is 18.6 Å². The van der Waals surface area contributed by atoms with E-state index in [1.54, 1.807) is 42.5 Å². The molecule has 1 amide bonds. The lowest BCUT2D eigenvalue weighted by atomic mass is 10.0. The van der Waals surface area contributed by atoms with Crippen molar-refractivity contribution in [2.75, 3.05) is 25.7 Å². The molecule has 0 unspecified atom stereocenters. The van der Waals surface area contributed by atoms with E-state index in [9.17, 15) is 18.0 Å². The predicted molar refractivity (Wildman–Crippen MR) is 165 cm³/mol. The number of hydrogen-bond acceptors (Lipinski definition) is 8. The van der Waals surface area contributed by atoms with Gasteiger partial charge in [0.15, 0.2) is 6.29 Å².